The molecule has 0 bridgehead atoms. The molecular weight excluding hydrogens is 365 g/mol. The molecule has 0 fully saturated rings. The first-order valence-electron chi connectivity index (χ1n) is 8.01. The Morgan fingerprint density at radius 2 is 1.96 bits per heavy atom. The fraction of sp³-hybridized carbons (Fsp3) is 0.800. The van der Waals surface area contributed by atoms with Gasteiger partial charge in [0.15, 0.2) is 13.4 Å². The van der Waals surface area contributed by atoms with E-state index in [1.165, 1.54) is 18.7 Å². The summed E-state index contributed by atoms with van der Waals surface area (Å²) in [6.45, 7) is 5.98. The maximum absolute atomic E-state index is 12.0. The second-order valence-electron chi connectivity index (χ2n) is 6.52. The molecule has 144 valence electrons. The summed E-state index contributed by atoms with van der Waals surface area (Å²) in [4.78, 5) is 58.3. The van der Waals surface area contributed by atoms with E-state index in [1.807, 2.05) is 13.8 Å². The highest BCUT2D eigenvalue weighted by Crippen LogP contribution is 2.37. The van der Waals surface area contributed by atoms with E-state index < -0.39 is 8.30 Å². The van der Waals surface area contributed by atoms with E-state index in [-0.39, 0.29) is 47.9 Å². The van der Waals surface area contributed by atoms with Gasteiger partial charge in [0.2, 0.25) is 11.8 Å². The normalized spacial score (nSPS) is 12.4. The predicted octanol–water partition coefficient (Wildman–Crippen LogP) is 2.11. The lowest BCUT2D eigenvalue weighted by Crippen LogP contribution is -2.34. The van der Waals surface area contributed by atoms with E-state index in [0.717, 1.165) is 0 Å². The van der Waals surface area contributed by atoms with Crippen LogP contribution in [0.4, 0.5) is 0 Å². The maximum atomic E-state index is 12.0. The summed E-state index contributed by atoms with van der Waals surface area (Å²) in [5.74, 6) is 0.293. The summed E-state index contributed by atoms with van der Waals surface area (Å²) in [5, 5.41) is 2.73. The fourth-order valence-corrected chi connectivity index (χ4v) is 3.52. The lowest BCUT2D eigenvalue weighted by Gasteiger charge is -2.24. The van der Waals surface area contributed by atoms with Crippen LogP contribution in [0.5, 0.6) is 0 Å². The third-order valence-electron chi connectivity index (χ3n) is 3.54. The van der Waals surface area contributed by atoms with Crippen molar-refractivity contribution < 1.29 is 19.3 Å². The minimum absolute atomic E-state index is 0.0217. The van der Waals surface area contributed by atoms with Crippen LogP contribution in [-0.4, -0.2) is 58.8 Å². The number of amides is 2. The lowest BCUT2D eigenvalue weighted by molar-refractivity contribution is -0.129. The zero-order chi connectivity index (χ0) is 19.5. The first-order valence-corrected chi connectivity index (χ1v) is 10.4. The largest absolute Gasteiger partial charge is 0.356 e. The fourth-order valence-electron chi connectivity index (χ4n) is 1.98. The Labute approximate surface area is 154 Å². The summed E-state index contributed by atoms with van der Waals surface area (Å²) in [7, 11) is -0.171. The molecule has 0 saturated carbocycles. The summed E-state index contributed by atoms with van der Waals surface area (Å²) < 4.78 is 0. The third kappa shape index (κ3) is 12.9. The Hall–Kier alpha value is -1.05. The number of carbonyl (C=O) groups is 3. The van der Waals surface area contributed by atoms with Crippen LogP contribution in [-0.2, 0) is 14.4 Å². The van der Waals surface area contributed by atoms with Crippen molar-refractivity contribution in [3.63, 3.8) is 0 Å². The number of thioether (sulfide) groups is 1. The van der Waals surface area contributed by atoms with E-state index in [4.69, 9.17) is 0 Å². The number of nitroso groups, excluding NO2 is 1. The van der Waals surface area contributed by atoms with Gasteiger partial charge in [-0.3, -0.25) is 14.4 Å². The second-order valence-corrected chi connectivity index (χ2v) is 9.15. The maximum Gasteiger partial charge on any atom is 0.224 e. The highest BCUT2D eigenvalue weighted by Gasteiger charge is 2.23. The van der Waals surface area contributed by atoms with Crippen molar-refractivity contribution in [2.75, 3.05) is 32.1 Å². The molecule has 0 aliphatic rings. The third-order valence-corrected chi connectivity index (χ3v) is 5.15. The number of hydrogen-bond donors (Lipinski definition) is 2. The molecule has 1 unspecified atom stereocenters. The molecular formula is C15H28N3O5PS. The predicted molar refractivity (Wildman–Crippen MR) is 101 cm³/mol. The molecule has 1 atom stereocenters. The van der Waals surface area contributed by atoms with E-state index in [2.05, 4.69) is 10.3 Å². The Bertz CT molecular complexity index is 476. The molecule has 0 radical (unpaired) electrons. The highest BCUT2D eigenvalue weighted by molar-refractivity contribution is 8.13. The van der Waals surface area contributed by atoms with Crippen molar-refractivity contribution in [1.29, 1.82) is 0 Å². The van der Waals surface area contributed by atoms with E-state index in [1.54, 1.807) is 11.9 Å². The van der Waals surface area contributed by atoms with Gasteiger partial charge in [-0.05, 0) is 16.8 Å². The molecule has 0 rings (SSSR count). The molecule has 0 aromatic heterocycles. The van der Waals surface area contributed by atoms with Gasteiger partial charge in [-0.15, -0.1) is 4.91 Å². The molecule has 0 spiro atoms. The van der Waals surface area contributed by atoms with Gasteiger partial charge in [-0.25, -0.2) is 0 Å². The SMILES string of the molecule is CC(=O)SCCN(C)C(=O)CCNC(=O)CC(C)(C)CCP(O)N=O. The van der Waals surface area contributed by atoms with Crippen LogP contribution in [0.25, 0.3) is 0 Å². The van der Waals surface area contributed by atoms with Crippen LogP contribution in [0.2, 0.25) is 0 Å². The number of carbonyl (C=O) groups excluding carboxylic acids is 3. The number of hydrogen-bond acceptors (Lipinski definition) is 7. The highest BCUT2D eigenvalue weighted by atomic mass is 32.2. The molecule has 0 heterocycles. The molecule has 0 aliphatic heterocycles. The first-order chi connectivity index (χ1) is 11.6. The number of nitrogens with zero attached hydrogens (tertiary/aromatic N) is 2. The Morgan fingerprint density at radius 1 is 1.32 bits per heavy atom. The molecule has 8 nitrogen and oxygen atoms in total. The summed E-state index contributed by atoms with van der Waals surface area (Å²) in [6.07, 6.45) is 1.24. The Balaban J connectivity index is 4.02. The van der Waals surface area contributed by atoms with Crippen LogP contribution in [0.3, 0.4) is 0 Å². The molecule has 0 aromatic rings. The molecule has 25 heavy (non-hydrogen) atoms. The van der Waals surface area contributed by atoms with Crippen LogP contribution in [0, 0.1) is 10.3 Å². The molecule has 2 N–H and O–H groups in total. The summed E-state index contributed by atoms with van der Waals surface area (Å²) >= 11 is 1.17. The van der Waals surface area contributed by atoms with Crippen molar-refractivity contribution in [2.45, 2.75) is 40.0 Å². The van der Waals surface area contributed by atoms with E-state index in [9.17, 15) is 24.2 Å². The van der Waals surface area contributed by atoms with Gasteiger partial charge in [-0.2, -0.15) is 0 Å². The van der Waals surface area contributed by atoms with Crippen molar-refractivity contribution >= 4 is 37.0 Å². The minimum atomic E-state index is -1.84. The van der Waals surface area contributed by atoms with Gasteiger partial charge in [0.05, 0.1) is 0 Å². The van der Waals surface area contributed by atoms with Crippen LogP contribution < -0.4 is 5.32 Å². The first kappa shape index (κ1) is 23.9. The van der Waals surface area contributed by atoms with Crippen LogP contribution in [0.15, 0.2) is 4.95 Å². The standard InChI is InChI=1S/C15H28N3O5PS/c1-12(19)25-10-8-18(4)14(21)5-7-16-13(20)11-15(2,3)6-9-24(23)17-22/h23H,5-11H2,1-4H3,(H,16,20). The topological polar surface area (TPSA) is 116 Å². The summed E-state index contributed by atoms with van der Waals surface area (Å²) in [6, 6.07) is 0. The van der Waals surface area contributed by atoms with Gasteiger partial charge in [0.1, 0.15) is 0 Å². The molecule has 10 heteroatoms. The minimum Gasteiger partial charge on any atom is -0.356 e. The lowest BCUT2D eigenvalue weighted by atomic mass is 9.86. The Kier molecular flexibility index (Phi) is 11.8. The van der Waals surface area contributed by atoms with Crippen LogP contribution >= 0.6 is 20.1 Å². The van der Waals surface area contributed by atoms with Crippen LogP contribution in [0.1, 0.15) is 40.0 Å². The number of nitrogens with one attached hydrogen (secondary N) is 1. The number of rotatable bonds is 12. The smallest absolute Gasteiger partial charge is 0.224 e. The van der Waals surface area contributed by atoms with Gasteiger partial charge in [0, 0.05) is 51.8 Å². The zero-order valence-electron chi connectivity index (χ0n) is 15.3. The average molecular weight is 393 g/mol. The molecule has 0 aromatic carbocycles. The van der Waals surface area contributed by atoms with Gasteiger partial charge in [0.25, 0.3) is 0 Å². The van der Waals surface area contributed by atoms with Gasteiger partial charge in [-0.1, -0.05) is 25.6 Å². The van der Waals surface area contributed by atoms with Crippen molar-refractivity contribution in [3.8, 4) is 0 Å². The van der Waals surface area contributed by atoms with Gasteiger partial charge >= 0.3 is 0 Å². The van der Waals surface area contributed by atoms with Gasteiger partial charge < -0.3 is 15.1 Å². The van der Waals surface area contributed by atoms with Crippen molar-refractivity contribution in [2.24, 2.45) is 10.4 Å². The monoisotopic (exact) mass is 393 g/mol. The van der Waals surface area contributed by atoms with Crippen molar-refractivity contribution in [1.82, 2.24) is 10.2 Å². The molecule has 0 aliphatic carbocycles. The molecule has 0 saturated heterocycles. The molecule has 2 amide bonds. The zero-order valence-corrected chi connectivity index (χ0v) is 17.0. The summed E-state index contributed by atoms with van der Waals surface area (Å²) in [5.41, 5.74) is -0.358. The van der Waals surface area contributed by atoms with E-state index >= 15 is 0 Å². The quantitative estimate of drug-likeness (QED) is 0.387. The Morgan fingerprint density at radius 3 is 2.52 bits per heavy atom. The van der Waals surface area contributed by atoms with E-state index in [0.29, 0.717) is 18.7 Å². The van der Waals surface area contributed by atoms with Crippen molar-refractivity contribution in [3.05, 3.63) is 4.91 Å². The average Bonchev–Trinajstić information content (AvgIpc) is 2.51. The second kappa shape index (κ2) is 12.3.